The fourth-order valence-electron chi connectivity index (χ4n) is 3.08. The van der Waals surface area contributed by atoms with Crippen LogP contribution in [0, 0.1) is 0 Å². The Morgan fingerprint density at radius 3 is 1.80 bits per heavy atom. The maximum atomic E-state index is 12.1. The molecule has 0 aliphatic rings. The van der Waals surface area contributed by atoms with Gasteiger partial charge in [-0.3, -0.25) is 18.2 Å². The van der Waals surface area contributed by atoms with E-state index in [9.17, 15) is 14.4 Å². The van der Waals surface area contributed by atoms with E-state index in [1.54, 1.807) is 12.1 Å². The minimum Gasteiger partial charge on any atom is -0.478 e. The van der Waals surface area contributed by atoms with Crippen LogP contribution in [0.1, 0.15) is 16.8 Å². The molecule has 0 bridgehead atoms. The standard InChI is InChI=1S/C20H16N4O6/c25-18(26)15-9-7-14(8-10-15)17-22-30-20(28)24(17)12-4-11-23-16(21-29-19(23)27)13-5-2-1-3-6-13/h1-3,5-10H,4,11-12H2,(H,25,26). The Balaban J connectivity index is 1.53. The van der Waals surface area contributed by atoms with Gasteiger partial charge in [-0.2, -0.15) is 0 Å². The Bertz CT molecular complexity index is 1280. The molecule has 1 N–H and O–H groups in total. The third-order valence-corrected chi connectivity index (χ3v) is 4.56. The van der Waals surface area contributed by atoms with Gasteiger partial charge in [0.1, 0.15) is 0 Å². The quantitative estimate of drug-likeness (QED) is 0.491. The van der Waals surface area contributed by atoms with Crippen molar-refractivity contribution in [2.24, 2.45) is 0 Å². The molecule has 0 unspecified atom stereocenters. The number of nitrogens with zero attached hydrogens (tertiary/aromatic N) is 4. The topological polar surface area (TPSA) is 133 Å². The van der Waals surface area contributed by atoms with Crippen molar-refractivity contribution in [2.75, 3.05) is 0 Å². The molecule has 0 aliphatic heterocycles. The van der Waals surface area contributed by atoms with E-state index in [2.05, 4.69) is 10.3 Å². The molecule has 152 valence electrons. The minimum absolute atomic E-state index is 0.122. The molecular weight excluding hydrogens is 392 g/mol. The van der Waals surface area contributed by atoms with Crippen LogP contribution in [0.4, 0.5) is 0 Å². The van der Waals surface area contributed by atoms with Gasteiger partial charge in [0.05, 0.1) is 5.56 Å². The molecule has 0 aliphatic carbocycles. The first kappa shape index (κ1) is 19.1. The molecule has 0 spiro atoms. The molecular formula is C20H16N4O6. The molecule has 10 nitrogen and oxygen atoms in total. The van der Waals surface area contributed by atoms with Gasteiger partial charge >= 0.3 is 17.5 Å². The summed E-state index contributed by atoms with van der Waals surface area (Å²) in [5.41, 5.74) is 1.40. The smallest absolute Gasteiger partial charge is 0.441 e. The van der Waals surface area contributed by atoms with E-state index in [0.29, 0.717) is 17.8 Å². The number of carbonyl (C=O) groups is 1. The average Bonchev–Trinajstić information content (AvgIpc) is 3.31. The molecule has 0 fully saturated rings. The van der Waals surface area contributed by atoms with Crippen LogP contribution >= 0.6 is 0 Å². The van der Waals surface area contributed by atoms with Crippen LogP contribution in [-0.2, 0) is 13.1 Å². The Morgan fingerprint density at radius 2 is 1.30 bits per heavy atom. The van der Waals surface area contributed by atoms with Gasteiger partial charge in [0.2, 0.25) is 0 Å². The Morgan fingerprint density at radius 1 is 0.800 bits per heavy atom. The maximum absolute atomic E-state index is 12.1. The average molecular weight is 408 g/mol. The summed E-state index contributed by atoms with van der Waals surface area (Å²) in [7, 11) is 0. The highest BCUT2D eigenvalue weighted by Gasteiger charge is 2.16. The first-order chi connectivity index (χ1) is 14.5. The monoisotopic (exact) mass is 408 g/mol. The fourth-order valence-corrected chi connectivity index (χ4v) is 3.08. The van der Waals surface area contributed by atoms with Crippen LogP contribution in [0.2, 0.25) is 0 Å². The van der Waals surface area contributed by atoms with Crippen molar-refractivity contribution in [3.05, 3.63) is 81.3 Å². The minimum atomic E-state index is -1.05. The highest BCUT2D eigenvalue weighted by Crippen LogP contribution is 2.18. The Hall–Kier alpha value is -4.21. The molecule has 4 aromatic rings. The van der Waals surface area contributed by atoms with Gasteiger partial charge in [0, 0.05) is 24.2 Å². The summed E-state index contributed by atoms with van der Waals surface area (Å²) >= 11 is 0. The Labute approximate surface area is 168 Å². The van der Waals surface area contributed by atoms with Crippen molar-refractivity contribution in [1.29, 1.82) is 0 Å². The number of benzene rings is 2. The van der Waals surface area contributed by atoms with Crippen LogP contribution in [0.3, 0.4) is 0 Å². The molecule has 30 heavy (non-hydrogen) atoms. The first-order valence-corrected chi connectivity index (χ1v) is 9.07. The van der Waals surface area contributed by atoms with Gasteiger partial charge in [-0.25, -0.2) is 14.4 Å². The summed E-state index contributed by atoms with van der Waals surface area (Å²) in [6.45, 7) is 0.492. The molecule has 2 aromatic carbocycles. The third-order valence-electron chi connectivity index (χ3n) is 4.56. The van der Waals surface area contributed by atoms with Crippen molar-refractivity contribution in [1.82, 2.24) is 19.4 Å². The highest BCUT2D eigenvalue weighted by molar-refractivity contribution is 5.88. The normalized spacial score (nSPS) is 10.9. The van der Waals surface area contributed by atoms with Crippen molar-refractivity contribution in [2.45, 2.75) is 19.5 Å². The second-order valence-corrected chi connectivity index (χ2v) is 6.45. The van der Waals surface area contributed by atoms with Crippen molar-refractivity contribution >= 4 is 5.97 Å². The lowest BCUT2D eigenvalue weighted by Crippen LogP contribution is -2.20. The summed E-state index contributed by atoms with van der Waals surface area (Å²) < 4.78 is 12.3. The van der Waals surface area contributed by atoms with Gasteiger partial charge in [-0.15, -0.1) is 0 Å². The molecule has 4 rings (SSSR count). The van der Waals surface area contributed by atoms with Gasteiger partial charge in [-0.05, 0) is 18.6 Å². The Kier molecular flexibility index (Phi) is 5.12. The molecule has 2 aromatic heterocycles. The summed E-state index contributed by atoms with van der Waals surface area (Å²) in [5, 5.41) is 16.6. The van der Waals surface area contributed by atoms with Crippen LogP contribution in [0.25, 0.3) is 22.8 Å². The van der Waals surface area contributed by atoms with Crippen molar-refractivity contribution in [3.63, 3.8) is 0 Å². The van der Waals surface area contributed by atoms with E-state index in [0.717, 1.165) is 5.56 Å². The summed E-state index contributed by atoms with van der Waals surface area (Å²) in [6, 6.07) is 15.1. The zero-order valence-corrected chi connectivity index (χ0v) is 15.6. The molecule has 0 saturated heterocycles. The number of carboxylic acids is 1. The fraction of sp³-hybridized carbons (Fsp3) is 0.150. The number of rotatable bonds is 7. The molecule has 0 saturated carbocycles. The second-order valence-electron chi connectivity index (χ2n) is 6.45. The predicted molar refractivity (Wildman–Crippen MR) is 104 cm³/mol. The van der Waals surface area contributed by atoms with Crippen LogP contribution in [-0.4, -0.2) is 30.5 Å². The number of hydrogen-bond donors (Lipinski definition) is 1. The SMILES string of the molecule is O=C(O)c1ccc(-c2noc(=O)n2CCCn2c(-c3ccccc3)noc2=O)cc1. The maximum Gasteiger partial charge on any atom is 0.441 e. The predicted octanol–water partition coefficient (Wildman–Crippen LogP) is 2.11. The zero-order chi connectivity index (χ0) is 21.1. The number of aromatic nitrogens is 4. The molecule has 0 radical (unpaired) electrons. The number of carboxylic acid groups (broad SMARTS) is 1. The van der Waals surface area contributed by atoms with E-state index in [4.69, 9.17) is 14.2 Å². The molecule has 0 atom stereocenters. The van der Waals surface area contributed by atoms with E-state index in [1.807, 2.05) is 30.3 Å². The number of hydrogen-bond acceptors (Lipinski definition) is 7. The lowest BCUT2D eigenvalue weighted by atomic mass is 10.1. The molecule has 10 heteroatoms. The van der Waals surface area contributed by atoms with E-state index in [-0.39, 0.29) is 24.5 Å². The van der Waals surface area contributed by atoms with Crippen molar-refractivity contribution < 1.29 is 18.9 Å². The van der Waals surface area contributed by atoms with Crippen molar-refractivity contribution in [3.8, 4) is 22.8 Å². The summed E-state index contributed by atoms with van der Waals surface area (Å²) in [4.78, 5) is 35.1. The lowest BCUT2D eigenvalue weighted by Gasteiger charge is -2.07. The molecule has 2 heterocycles. The zero-order valence-electron chi connectivity index (χ0n) is 15.6. The van der Waals surface area contributed by atoms with Gasteiger partial charge in [0.15, 0.2) is 11.6 Å². The van der Waals surface area contributed by atoms with Gasteiger partial charge < -0.3 is 5.11 Å². The largest absolute Gasteiger partial charge is 0.478 e. The van der Waals surface area contributed by atoms with Gasteiger partial charge in [-0.1, -0.05) is 52.8 Å². The van der Waals surface area contributed by atoms with Crippen LogP contribution in [0.15, 0.2) is 73.2 Å². The summed E-state index contributed by atoms with van der Waals surface area (Å²) in [5.74, 6) is -1.60. The van der Waals surface area contributed by atoms with Gasteiger partial charge in [0.25, 0.3) is 0 Å². The van der Waals surface area contributed by atoms with E-state index >= 15 is 0 Å². The second kappa shape index (κ2) is 8.03. The number of aromatic carboxylic acids is 1. The van der Waals surface area contributed by atoms with E-state index in [1.165, 1.54) is 21.3 Å². The summed E-state index contributed by atoms with van der Waals surface area (Å²) in [6.07, 6.45) is 0.405. The highest BCUT2D eigenvalue weighted by atomic mass is 16.5. The molecule has 0 amide bonds. The van der Waals surface area contributed by atoms with Crippen LogP contribution in [0.5, 0.6) is 0 Å². The lowest BCUT2D eigenvalue weighted by molar-refractivity contribution is 0.0697. The third kappa shape index (κ3) is 3.70. The van der Waals surface area contributed by atoms with Crippen LogP contribution < -0.4 is 11.5 Å². The van der Waals surface area contributed by atoms with E-state index < -0.39 is 17.5 Å². The first-order valence-electron chi connectivity index (χ1n) is 9.07.